The van der Waals surface area contributed by atoms with E-state index in [0.29, 0.717) is 0 Å². The van der Waals surface area contributed by atoms with Gasteiger partial charge in [0.2, 0.25) is 0 Å². The van der Waals surface area contributed by atoms with E-state index in [1.54, 1.807) is 6.20 Å². The lowest BCUT2D eigenvalue weighted by Crippen LogP contribution is -2.08. The van der Waals surface area contributed by atoms with Crippen LogP contribution in [0.2, 0.25) is 0 Å². The Hall–Kier alpha value is -2.30. The molecule has 3 rings (SSSR count). The average molecular weight is 255 g/mol. The van der Waals surface area contributed by atoms with E-state index >= 15 is 0 Å². The number of fused-ring (bicyclic) bond motifs is 1. The monoisotopic (exact) mass is 255 g/mol. The van der Waals surface area contributed by atoms with E-state index in [-0.39, 0.29) is 0 Å². The number of benzene rings is 1. The topological polar surface area (TPSA) is 61.7 Å². The third kappa shape index (κ3) is 2.19. The molecule has 19 heavy (non-hydrogen) atoms. The molecule has 0 amide bonds. The van der Waals surface area contributed by atoms with Crippen LogP contribution >= 0.6 is 0 Å². The lowest BCUT2D eigenvalue weighted by atomic mass is 10.3. The Kier molecular flexibility index (Phi) is 2.95. The van der Waals surface area contributed by atoms with Gasteiger partial charge in [-0.05, 0) is 18.2 Å². The Morgan fingerprint density at radius 2 is 2.16 bits per heavy atom. The first-order chi connectivity index (χ1) is 9.28. The number of rotatable bonds is 4. The molecule has 3 aromatic rings. The molecule has 0 saturated carbocycles. The van der Waals surface area contributed by atoms with E-state index in [1.807, 2.05) is 30.7 Å². The van der Waals surface area contributed by atoms with E-state index in [4.69, 9.17) is 5.73 Å². The smallest absolute Gasteiger partial charge is 0.109 e. The normalized spacial score (nSPS) is 11.2. The Balaban J connectivity index is 1.96. The minimum Gasteiger partial charge on any atom is -0.399 e. The minimum absolute atomic E-state index is 0.759. The molecular formula is C14H17N5. The molecule has 0 unspecified atom stereocenters. The van der Waals surface area contributed by atoms with E-state index in [1.165, 1.54) is 0 Å². The van der Waals surface area contributed by atoms with Gasteiger partial charge in [-0.25, -0.2) is 9.97 Å². The van der Waals surface area contributed by atoms with Crippen LogP contribution in [0.1, 0.15) is 12.7 Å². The molecule has 1 aromatic carbocycles. The van der Waals surface area contributed by atoms with Gasteiger partial charge in [0.1, 0.15) is 5.82 Å². The zero-order valence-electron chi connectivity index (χ0n) is 11.0. The van der Waals surface area contributed by atoms with Crippen LogP contribution in [-0.2, 0) is 19.5 Å². The minimum atomic E-state index is 0.759. The summed E-state index contributed by atoms with van der Waals surface area (Å²) in [5.74, 6) is 1.10. The highest BCUT2D eigenvalue weighted by atomic mass is 15.1. The van der Waals surface area contributed by atoms with Crippen molar-refractivity contribution < 1.29 is 0 Å². The number of aryl methyl sites for hydroxylation is 3. The maximum Gasteiger partial charge on any atom is 0.109 e. The van der Waals surface area contributed by atoms with Crippen LogP contribution in [0.25, 0.3) is 11.0 Å². The Bertz CT molecular complexity index is 681. The number of nitrogens with zero attached hydrogens (tertiary/aromatic N) is 4. The van der Waals surface area contributed by atoms with Crippen molar-refractivity contribution in [3.8, 4) is 0 Å². The average Bonchev–Trinajstić information content (AvgIpc) is 3.02. The lowest BCUT2D eigenvalue weighted by molar-refractivity contribution is 0.571. The van der Waals surface area contributed by atoms with Crippen LogP contribution < -0.4 is 5.73 Å². The Morgan fingerprint density at radius 3 is 2.89 bits per heavy atom. The van der Waals surface area contributed by atoms with Crippen LogP contribution in [-0.4, -0.2) is 19.1 Å². The predicted octanol–water partition coefficient (Wildman–Crippen LogP) is 2.08. The molecule has 0 saturated heterocycles. The number of aromatic nitrogens is 4. The SMILES string of the molecule is CCc1nc2cc(N)ccc2n1CCn1ccnc1. The van der Waals surface area contributed by atoms with Crippen molar-refractivity contribution in [2.75, 3.05) is 5.73 Å². The third-order valence-electron chi connectivity index (χ3n) is 3.31. The first-order valence-corrected chi connectivity index (χ1v) is 6.48. The molecule has 0 fully saturated rings. The molecule has 5 nitrogen and oxygen atoms in total. The first kappa shape index (κ1) is 11.8. The number of hydrogen-bond donors (Lipinski definition) is 1. The van der Waals surface area contributed by atoms with Crippen molar-refractivity contribution in [1.82, 2.24) is 19.1 Å². The molecule has 0 bridgehead atoms. The number of anilines is 1. The maximum atomic E-state index is 5.81. The quantitative estimate of drug-likeness (QED) is 0.726. The summed E-state index contributed by atoms with van der Waals surface area (Å²) in [5, 5.41) is 0. The van der Waals surface area contributed by atoms with Gasteiger partial charge in [0.25, 0.3) is 0 Å². The van der Waals surface area contributed by atoms with Gasteiger partial charge in [0.05, 0.1) is 17.4 Å². The molecule has 2 N–H and O–H groups in total. The van der Waals surface area contributed by atoms with Crippen LogP contribution in [0.5, 0.6) is 0 Å². The second kappa shape index (κ2) is 4.76. The van der Waals surface area contributed by atoms with E-state index < -0.39 is 0 Å². The van der Waals surface area contributed by atoms with Crippen molar-refractivity contribution in [2.45, 2.75) is 26.4 Å². The summed E-state index contributed by atoms with van der Waals surface area (Å²) >= 11 is 0. The highest BCUT2D eigenvalue weighted by molar-refractivity contribution is 5.79. The molecule has 0 radical (unpaired) electrons. The fraction of sp³-hybridized carbons (Fsp3) is 0.286. The molecule has 0 aliphatic carbocycles. The zero-order chi connectivity index (χ0) is 13.2. The van der Waals surface area contributed by atoms with Gasteiger partial charge in [0, 0.05) is 37.6 Å². The van der Waals surface area contributed by atoms with Gasteiger partial charge in [0.15, 0.2) is 0 Å². The highest BCUT2D eigenvalue weighted by Crippen LogP contribution is 2.19. The Morgan fingerprint density at radius 1 is 1.26 bits per heavy atom. The molecule has 0 aliphatic heterocycles. The zero-order valence-corrected chi connectivity index (χ0v) is 11.0. The summed E-state index contributed by atoms with van der Waals surface area (Å²) in [5.41, 5.74) is 8.69. The van der Waals surface area contributed by atoms with Gasteiger partial charge in [-0.1, -0.05) is 6.92 Å². The number of imidazole rings is 2. The predicted molar refractivity (Wildman–Crippen MR) is 75.8 cm³/mol. The van der Waals surface area contributed by atoms with Crippen molar-refractivity contribution in [3.05, 3.63) is 42.7 Å². The molecule has 0 atom stereocenters. The molecular weight excluding hydrogens is 238 g/mol. The fourth-order valence-electron chi connectivity index (χ4n) is 2.35. The standard InChI is InChI=1S/C14H17N5/c1-2-14-17-12-9-11(15)3-4-13(12)19(14)8-7-18-6-5-16-10-18/h3-6,9-10H,2,7-8,15H2,1H3. The number of nitrogen functional groups attached to an aromatic ring is 1. The molecule has 0 aliphatic rings. The number of hydrogen-bond acceptors (Lipinski definition) is 3. The van der Waals surface area contributed by atoms with E-state index in [9.17, 15) is 0 Å². The number of nitrogens with two attached hydrogens (primary N) is 1. The summed E-state index contributed by atoms with van der Waals surface area (Å²) in [6.45, 7) is 3.90. The van der Waals surface area contributed by atoms with Crippen LogP contribution in [0.4, 0.5) is 5.69 Å². The van der Waals surface area contributed by atoms with Gasteiger partial charge < -0.3 is 14.9 Å². The molecule has 98 valence electrons. The van der Waals surface area contributed by atoms with Gasteiger partial charge in [-0.2, -0.15) is 0 Å². The lowest BCUT2D eigenvalue weighted by Gasteiger charge is -2.08. The van der Waals surface area contributed by atoms with Crippen LogP contribution in [0.15, 0.2) is 36.9 Å². The van der Waals surface area contributed by atoms with E-state index in [2.05, 4.69) is 26.0 Å². The van der Waals surface area contributed by atoms with Crippen molar-refractivity contribution in [2.24, 2.45) is 0 Å². The first-order valence-electron chi connectivity index (χ1n) is 6.48. The molecule has 2 heterocycles. The molecule has 0 spiro atoms. The van der Waals surface area contributed by atoms with Crippen LogP contribution in [0.3, 0.4) is 0 Å². The van der Waals surface area contributed by atoms with Crippen molar-refractivity contribution in [1.29, 1.82) is 0 Å². The molecule has 2 aromatic heterocycles. The maximum absolute atomic E-state index is 5.81. The Labute approximate surface area is 111 Å². The van der Waals surface area contributed by atoms with Crippen molar-refractivity contribution in [3.63, 3.8) is 0 Å². The molecule has 5 heteroatoms. The van der Waals surface area contributed by atoms with Gasteiger partial charge >= 0.3 is 0 Å². The van der Waals surface area contributed by atoms with Crippen LogP contribution in [0, 0.1) is 0 Å². The van der Waals surface area contributed by atoms with Gasteiger partial charge in [-0.3, -0.25) is 0 Å². The van der Waals surface area contributed by atoms with Crippen molar-refractivity contribution >= 4 is 16.7 Å². The summed E-state index contributed by atoms with van der Waals surface area (Å²) in [7, 11) is 0. The van der Waals surface area contributed by atoms with E-state index in [0.717, 1.165) is 42.1 Å². The summed E-state index contributed by atoms with van der Waals surface area (Å²) in [6.07, 6.45) is 6.53. The summed E-state index contributed by atoms with van der Waals surface area (Å²) in [6, 6.07) is 5.91. The third-order valence-corrected chi connectivity index (χ3v) is 3.31. The second-order valence-corrected chi connectivity index (χ2v) is 4.58. The highest BCUT2D eigenvalue weighted by Gasteiger charge is 2.09. The summed E-state index contributed by atoms with van der Waals surface area (Å²) in [4.78, 5) is 8.71. The fourth-order valence-corrected chi connectivity index (χ4v) is 2.35. The summed E-state index contributed by atoms with van der Waals surface area (Å²) < 4.78 is 4.33. The second-order valence-electron chi connectivity index (χ2n) is 4.58. The largest absolute Gasteiger partial charge is 0.399 e. The van der Waals surface area contributed by atoms with Gasteiger partial charge in [-0.15, -0.1) is 0 Å².